The van der Waals surface area contributed by atoms with E-state index in [1.54, 1.807) is 11.9 Å². The molecule has 0 bridgehead atoms. The van der Waals surface area contributed by atoms with Crippen molar-refractivity contribution in [3.05, 3.63) is 150 Å². The third-order valence-electron chi connectivity index (χ3n) is 8.89. The average molecular weight is 556 g/mol. The summed E-state index contributed by atoms with van der Waals surface area (Å²) in [5.74, 6) is 1.68. The first-order valence-electron chi connectivity index (χ1n) is 14.4. The summed E-state index contributed by atoms with van der Waals surface area (Å²) in [5, 5.41) is 0. The van der Waals surface area contributed by atoms with Crippen LogP contribution in [0.5, 0.6) is 5.75 Å². The molecule has 1 fully saturated rings. The number of amides is 1. The van der Waals surface area contributed by atoms with Gasteiger partial charge in [0, 0.05) is 49.4 Å². The summed E-state index contributed by atoms with van der Waals surface area (Å²) in [6.07, 6.45) is 4.22. The number of ether oxygens (including phenoxy) is 2. The first kappa shape index (κ1) is 26.2. The monoisotopic (exact) mass is 555 g/mol. The van der Waals surface area contributed by atoms with Crippen LogP contribution in [0, 0.1) is 5.92 Å². The topological polar surface area (TPSA) is 56.6 Å². The van der Waals surface area contributed by atoms with Crippen LogP contribution in [0.2, 0.25) is 0 Å². The molecule has 3 atom stereocenters. The maximum atomic E-state index is 12.5. The summed E-state index contributed by atoms with van der Waals surface area (Å²) in [7, 11) is 3.32. The lowest BCUT2D eigenvalue weighted by Gasteiger charge is -2.37. The summed E-state index contributed by atoms with van der Waals surface area (Å²) in [6.45, 7) is 0.705. The minimum atomic E-state index is -0.596. The van der Waals surface area contributed by atoms with Crippen molar-refractivity contribution in [1.29, 1.82) is 0 Å². The first-order chi connectivity index (χ1) is 20.6. The van der Waals surface area contributed by atoms with Crippen molar-refractivity contribution in [1.82, 2.24) is 9.55 Å². The molecule has 1 amide bonds. The molecule has 1 aromatic heterocycles. The highest BCUT2D eigenvalue weighted by Gasteiger charge is 2.57. The van der Waals surface area contributed by atoms with Gasteiger partial charge in [-0.1, -0.05) is 91.0 Å². The molecule has 2 aliphatic rings. The Morgan fingerprint density at radius 2 is 1.50 bits per heavy atom. The molecule has 6 heteroatoms. The van der Waals surface area contributed by atoms with E-state index in [1.165, 1.54) is 23.8 Å². The fraction of sp³-hybridized carbons (Fsp3) is 0.222. The molecule has 1 aliphatic heterocycles. The van der Waals surface area contributed by atoms with Gasteiger partial charge in [-0.25, -0.2) is 4.98 Å². The quantitative estimate of drug-likeness (QED) is 0.213. The summed E-state index contributed by atoms with van der Waals surface area (Å²) in [5.41, 5.74) is 5.95. The van der Waals surface area contributed by atoms with E-state index in [2.05, 4.69) is 108 Å². The van der Waals surface area contributed by atoms with Gasteiger partial charge in [0.25, 0.3) is 5.91 Å². The van der Waals surface area contributed by atoms with Gasteiger partial charge >= 0.3 is 0 Å². The SMILES string of the molecule is COCC(=O)N(C)c1ccc2c(c1)[C@@H]1[C@H](CO2)[C@H]1c1cn(C(c2ccccc2)(c2ccccc2)c2ccccc2)cn1. The maximum absolute atomic E-state index is 12.5. The number of aromatic nitrogens is 2. The van der Waals surface area contributed by atoms with Crippen molar-refractivity contribution in [3.8, 4) is 5.75 Å². The van der Waals surface area contributed by atoms with Gasteiger partial charge in [0.05, 0.1) is 18.6 Å². The molecule has 2 heterocycles. The number of hydrogen-bond acceptors (Lipinski definition) is 4. The number of anilines is 1. The Hall–Kier alpha value is -4.68. The Bertz CT molecular complexity index is 1600. The highest BCUT2D eigenvalue weighted by molar-refractivity contribution is 5.94. The molecular formula is C36H33N3O3. The van der Waals surface area contributed by atoms with Crippen LogP contribution < -0.4 is 9.64 Å². The predicted molar refractivity (Wildman–Crippen MR) is 163 cm³/mol. The van der Waals surface area contributed by atoms with Crippen molar-refractivity contribution < 1.29 is 14.3 Å². The number of rotatable bonds is 8. The lowest BCUT2D eigenvalue weighted by Crippen LogP contribution is -2.36. The molecular weight excluding hydrogens is 522 g/mol. The van der Waals surface area contributed by atoms with Gasteiger partial charge in [-0.2, -0.15) is 0 Å². The molecule has 6 nitrogen and oxygen atoms in total. The predicted octanol–water partition coefficient (Wildman–Crippen LogP) is 6.22. The van der Waals surface area contributed by atoms with E-state index in [1.807, 2.05) is 18.5 Å². The summed E-state index contributed by atoms with van der Waals surface area (Å²) in [4.78, 5) is 19.2. The molecule has 1 saturated carbocycles. The highest BCUT2D eigenvalue weighted by Crippen LogP contribution is 2.64. The van der Waals surface area contributed by atoms with Crippen molar-refractivity contribution in [2.45, 2.75) is 17.4 Å². The molecule has 0 radical (unpaired) electrons. The zero-order valence-corrected chi connectivity index (χ0v) is 23.8. The van der Waals surface area contributed by atoms with Gasteiger partial charge in [0.15, 0.2) is 0 Å². The van der Waals surface area contributed by atoms with Crippen LogP contribution in [-0.4, -0.2) is 42.8 Å². The van der Waals surface area contributed by atoms with E-state index in [0.29, 0.717) is 18.4 Å². The molecule has 0 spiro atoms. The van der Waals surface area contributed by atoms with Gasteiger partial charge in [-0.15, -0.1) is 0 Å². The summed E-state index contributed by atoms with van der Waals surface area (Å²) in [6, 6.07) is 38.0. The largest absolute Gasteiger partial charge is 0.493 e. The Kier molecular flexibility index (Phi) is 6.63. The van der Waals surface area contributed by atoms with Gasteiger partial charge in [0.1, 0.15) is 17.9 Å². The number of nitrogens with zero attached hydrogens (tertiary/aromatic N) is 3. The Labute approximate surface area is 246 Å². The summed E-state index contributed by atoms with van der Waals surface area (Å²) < 4.78 is 13.5. The molecule has 4 aromatic carbocycles. The first-order valence-corrected chi connectivity index (χ1v) is 14.4. The molecule has 1 aliphatic carbocycles. The second-order valence-electron chi connectivity index (χ2n) is 11.1. The van der Waals surface area contributed by atoms with Crippen LogP contribution in [0.15, 0.2) is 122 Å². The van der Waals surface area contributed by atoms with Crippen LogP contribution in [0.1, 0.15) is 39.8 Å². The number of methoxy groups -OCH3 is 1. The highest BCUT2D eigenvalue weighted by atomic mass is 16.5. The molecule has 42 heavy (non-hydrogen) atoms. The second-order valence-corrected chi connectivity index (χ2v) is 11.1. The van der Waals surface area contributed by atoms with Crippen molar-refractivity contribution in [2.24, 2.45) is 5.92 Å². The molecule has 0 unspecified atom stereocenters. The van der Waals surface area contributed by atoms with Crippen molar-refractivity contribution >= 4 is 11.6 Å². The standard InChI is InChI=1S/C36H33N3O3/c1-38(33(40)23-41-2)28-18-19-32-29(20-28)34-30(22-42-32)35(34)31-21-39(24-37-31)36(25-12-6-3-7-13-25,26-14-8-4-9-15-26)27-16-10-5-11-17-27/h3-21,24,30,34-35H,22-23H2,1-2H3/t30-,34+,35-/m0/s1. The lowest BCUT2D eigenvalue weighted by molar-refractivity contribution is -0.121. The normalized spacial score (nSPS) is 18.9. The van der Waals surface area contributed by atoms with Crippen molar-refractivity contribution in [2.75, 3.05) is 32.3 Å². The van der Waals surface area contributed by atoms with Crippen LogP contribution in [0.25, 0.3) is 0 Å². The Morgan fingerprint density at radius 1 is 0.905 bits per heavy atom. The van der Waals surface area contributed by atoms with Gasteiger partial charge in [0.2, 0.25) is 0 Å². The number of benzene rings is 4. The number of carbonyl (C=O) groups excluding carboxylic acids is 1. The molecule has 210 valence electrons. The number of carbonyl (C=O) groups is 1. The summed E-state index contributed by atoms with van der Waals surface area (Å²) >= 11 is 0. The lowest BCUT2D eigenvalue weighted by atomic mass is 9.77. The number of likely N-dealkylation sites (N-methyl/N-ethyl adjacent to an activating group) is 1. The van der Waals surface area contributed by atoms with Crippen molar-refractivity contribution in [3.63, 3.8) is 0 Å². The van der Waals surface area contributed by atoms with E-state index in [9.17, 15) is 4.79 Å². The smallest absolute Gasteiger partial charge is 0.252 e. The fourth-order valence-corrected chi connectivity index (χ4v) is 6.77. The van der Waals surface area contributed by atoms with Crippen LogP contribution >= 0.6 is 0 Å². The van der Waals surface area contributed by atoms with Gasteiger partial charge in [-0.3, -0.25) is 4.79 Å². The van der Waals surface area contributed by atoms with E-state index < -0.39 is 5.54 Å². The zero-order valence-electron chi connectivity index (χ0n) is 23.8. The number of imidazole rings is 1. The van der Waals surface area contributed by atoms with E-state index in [-0.39, 0.29) is 18.4 Å². The van der Waals surface area contributed by atoms with E-state index in [0.717, 1.165) is 22.7 Å². The molecule has 0 saturated heterocycles. The van der Waals surface area contributed by atoms with Crippen LogP contribution in [0.4, 0.5) is 5.69 Å². The third kappa shape index (κ3) is 4.22. The minimum absolute atomic E-state index is 0.0438. The maximum Gasteiger partial charge on any atom is 0.252 e. The molecule has 0 N–H and O–H groups in total. The Balaban J connectivity index is 1.30. The van der Waals surface area contributed by atoms with Gasteiger partial charge < -0.3 is 18.9 Å². The van der Waals surface area contributed by atoms with Gasteiger partial charge in [-0.05, 0) is 34.9 Å². The zero-order chi connectivity index (χ0) is 28.7. The third-order valence-corrected chi connectivity index (χ3v) is 8.89. The Morgan fingerprint density at radius 3 is 2.07 bits per heavy atom. The van der Waals surface area contributed by atoms with Crippen LogP contribution in [0.3, 0.4) is 0 Å². The molecule has 5 aromatic rings. The molecule has 7 rings (SSSR count). The number of hydrogen-bond donors (Lipinski definition) is 0. The van der Waals surface area contributed by atoms with Crippen LogP contribution in [-0.2, 0) is 15.1 Å². The van der Waals surface area contributed by atoms with E-state index in [4.69, 9.17) is 14.5 Å². The van der Waals surface area contributed by atoms with E-state index >= 15 is 0 Å². The number of fused-ring (bicyclic) bond motifs is 3. The second kappa shape index (κ2) is 10.6. The fourth-order valence-electron chi connectivity index (χ4n) is 6.77. The average Bonchev–Trinajstić information content (AvgIpc) is 3.60. The minimum Gasteiger partial charge on any atom is -0.493 e.